The molecule has 2 rings (SSSR count). The molecule has 1 fully saturated rings. The van der Waals surface area contributed by atoms with Gasteiger partial charge in [-0.05, 0) is 5.56 Å². The standard InChI is InChI=1S/C9H10O2S/c10-12-7-6-11-9(12)8-4-2-1-3-5-8/h1-5,9H,6-7H2/t9-,12-/m1/s1. The molecule has 0 aliphatic carbocycles. The predicted molar refractivity (Wildman–Crippen MR) is 48.1 cm³/mol. The Bertz CT molecular complexity index is 284. The molecule has 0 aromatic heterocycles. The molecule has 0 unspecified atom stereocenters. The Morgan fingerprint density at radius 3 is 2.67 bits per heavy atom. The summed E-state index contributed by atoms with van der Waals surface area (Å²) in [4.78, 5) is 0. The van der Waals surface area contributed by atoms with Gasteiger partial charge in [-0.3, -0.25) is 4.21 Å². The van der Waals surface area contributed by atoms with Crippen LogP contribution in [-0.2, 0) is 15.5 Å². The van der Waals surface area contributed by atoms with Gasteiger partial charge in [0.25, 0.3) is 0 Å². The maximum absolute atomic E-state index is 11.4. The first kappa shape index (κ1) is 7.95. The molecule has 1 aliphatic rings. The highest BCUT2D eigenvalue weighted by Gasteiger charge is 2.24. The van der Waals surface area contributed by atoms with Crippen molar-refractivity contribution in [1.29, 1.82) is 0 Å². The zero-order chi connectivity index (χ0) is 8.39. The van der Waals surface area contributed by atoms with Crippen LogP contribution in [0.4, 0.5) is 0 Å². The molecule has 3 heteroatoms. The van der Waals surface area contributed by atoms with Crippen LogP contribution in [0.25, 0.3) is 0 Å². The maximum Gasteiger partial charge on any atom is 0.157 e. The molecule has 0 N–H and O–H groups in total. The quantitative estimate of drug-likeness (QED) is 0.657. The monoisotopic (exact) mass is 182 g/mol. The minimum absolute atomic E-state index is 0.189. The third kappa shape index (κ3) is 1.42. The first-order valence-corrected chi connectivity index (χ1v) is 5.30. The van der Waals surface area contributed by atoms with Crippen LogP contribution in [0.5, 0.6) is 0 Å². The van der Waals surface area contributed by atoms with Crippen molar-refractivity contribution in [3.63, 3.8) is 0 Å². The van der Waals surface area contributed by atoms with E-state index in [9.17, 15) is 4.21 Å². The minimum atomic E-state index is -0.834. The van der Waals surface area contributed by atoms with Gasteiger partial charge >= 0.3 is 0 Å². The number of rotatable bonds is 1. The second-order valence-corrected chi connectivity index (χ2v) is 4.30. The van der Waals surface area contributed by atoms with Crippen LogP contribution in [0, 0.1) is 0 Å². The van der Waals surface area contributed by atoms with Gasteiger partial charge in [0.1, 0.15) is 0 Å². The second kappa shape index (κ2) is 3.37. The van der Waals surface area contributed by atoms with Crippen LogP contribution in [0.15, 0.2) is 30.3 Å². The largest absolute Gasteiger partial charge is 0.359 e. The SMILES string of the molecule is O=[S@@]1CCO[C@H]1c1ccccc1. The fourth-order valence-corrected chi connectivity index (χ4v) is 2.46. The summed E-state index contributed by atoms with van der Waals surface area (Å²) in [6.45, 7) is 0.617. The Labute approximate surface area is 74.0 Å². The molecule has 64 valence electrons. The normalized spacial score (nSPS) is 29.0. The lowest BCUT2D eigenvalue weighted by Crippen LogP contribution is -2.00. The van der Waals surface area contributed by atoms with Crippen LogP contribution in [0.2, 0.25) is 0 Å². The first-order valence-electron chi connectivity index (χ1n) is 3.91. The highest BCUT2D eigenvalue weighted by molar-refractivity contribution is 7.85. The van der Waals surface area contributed by atoms with Crippen molar-refractivity contribution in [1.82, 2.24) is 0 Å². The van der Waals surface area contributed by atoms with E-state index in [0.717, 1.165) is 5.56 Å². The lowest BCUT2D eigenvalue weighted by atomic mass is 10.2. The van der Waals surface area contributed by atoms with E-state index in [1.807, 2.05) is 30.3 Å². The van der Waals surface area contributed by atoms with Gasteiger partial charge in [-0.15, -0.1) is 0 Å². The van der Waals surface area contributed by atoms with E-state index in [2.05, 4.69) is 0 Å². The fraction of sp³-hybridized carbons (Fsp3) is 0.333. The van der Waals surface area contributed by atoms with E-state index in [1.165, 1.54) is 0 Å². The molecule has 0 radical (unpaired) electrons. The van der Waals surface area contributed by atoms with Gasteiger partial charge in [-0.25, -0.2) is 0 Å². The van der Waals surface area contributed by atoms with Crippen LogP contribution in [0.1, 0.15) is 11.0 Å². The molecule has 0 amide bonds. The topological polar surface area (TPSA) is 26.3 Å². The van der Waals surface area contributed by atoms with E-state index in [1.54, 1.807) is 0 Å². The first-order chi connectivity index (χ1) is 5.88. The maximum atomic E-state index is 11.4. The van der Waals surface area contributed by atoms with Gasteiger partial charge in [-0.2, -0.15) is 0 Å². The number of ether oxygens (including phenoxy) is 1. The van der Waals surface area contributed by atoms with E-state index < -0.39 is 10.8 Å². The third-order valence-electron chi connectivity index (χ3n) is 1.86. The third-order valence-corrected chi connectivity index (χ3v) is 3.32. The molecule has 0 bridgehead atoms. The van der Waals surface area contributed by atoms with Crippen molar-refractivity contribution >= 4 is 10.8 Å². The summed E-state index contributed by atoms with van der Waals surface area (Å²) in [7, 11) is -0.834. The number of hydrogen-bond donors (Lipinski definition) is 0. The molecule has 1 aromatic carbocycles. The smallest absolute Gasteiger partial charge is 0.157 e. The molecule has 2 nitrogen and oxygen atoms in total. The molecule has 1 aromatic rings. The zero-order valence-electron chi connectivity index (χ0n) is 6.60. The Balaban J connectivity index is 2.25. The summed E-state index contributed by atoms with van der Waals surface area (Å²) in [5.41, 5.74) is 0.833. The second-order valence-electron chi connectivity index (χ2n) is 2.70. The van der Waals surface area contributed by atoms with Crippen LogP contribution >= 0.6 is 0 Å². The van der Waals surface area contributed by atoms with E-state index in [4.69, 9.17) is 4.74 Å². The molecule has 2 atom stereocenters. The molecule has 1 saturated heterocycles. The fourth-order valence-electron chi connectivity index (χ4n) is 1.28. The van der Waals surface area contributed by atoms with E-state index in [0.29, 0.717) is 12.4 Å². The van der Waals surface area contributed by atoms with E-state index >= 15 is 0 Å². The zero-order valence-corrected chi connectivity index (χ0v) is 7.42. The molecular formula is C9H10O2S. The van der Waals surface area contributed by atoms with Gasteiger partial charge in [-0.1, -0.05) is 30.3 Å². The van der Waals surface area contributed by atoms with Crippen molar-refractivity contribution in [3.8, 4) is 0 Å². The van der Waals surface area contributed by atoms with Crippen molar-refractivity contribution < 1.29 is 8.95 Å². The highest BCUT2D eigenvalue weighted by Crippen LogP contribution is 2.25. The van der Waals surface area contributed by atoms with Crippen molar-refractivity contribution in [2.24, 2.45) is 0 Å². The minimum Gasteiger partial charge on any atom is -0.359 e. The van der Waals surface area contributed by atoms with Crippen molar-refractivity contribution in [3.05, 3.63) is 35.9 Å². The summed E-state index contributed by atoms with van der Waals surface area (Å²) in [5, 5.41) is 0. The van der Waals surface area contributed by atoms with Gasteiger partial charge in [0.05, 0.1) is 23.2 Å². The van der Waals surface area contributed by atoms with Crippen LogP contribution < -0.4 is 0 Å². The number of hydrogen-bond acceptors (Lipinski definition) is 2. The Morgan fingerprint density at radius 1 is 1.33 bits per heavy atom. The summed E-state index contributed by atoms with van der Waals surface area (Å²) in [6.07, 6.45) is 0. The summed E-state index contributed by atoms with van der Waals surface area (Å²) in [6, 6.07) is 9.73. The average molecular weight is 182 g/mol. The molecule has 12 heavy (non-hydrogen) atoms. The Kier molecular flexibility index (Phi) is 2.23. The molecule has 0 spiro atoms. The predicted octanol–water partition coefficient (Wildman–Crippen LogP) is 1.46. The highest BCUT2D eigenvalue weighted by atomic mass is 32.2. The van der Waals surface area contributed by atoms with E-state index in [-0.39, 0.29) is 5.44 Å². The number of benzene rings is 1. The Morgan fingerprint density at radius 2 is 2.08 bits per heavy atom. The van der Waals surface area contributed by atoms with Gasteiger partial charge in [0, 0.05) is 0 Å². The molecule has 1 aliphatic heterocycles. The Hall–Kier alpha value is -0.670. The summed E-state index contributed by atoms with van der Waals surface area (Å²) in [5.74, 6) is 0.666. The summed E-state index contributed by atoms with van der Waals surface area (Å²) >= 11 is 0. The van der Waals surface area contributed by atoms with Crippen molar-refractivity contribution in [2.45, 2.75) is 5.44 Å². The summed E-state index contributed by atoms with van der Waals surface area (Å²) < 4.78 is 16.7. The molecule has 1 heterocycles. The van der Waals surface area contributed by atoms with Gasteiger partial charge in [0.2, 0.25) is 0 Å². The molecular weight excluding hydrogens is 172 g/mol. The van der Waals surface area contributed by atoms with Crippen LogP contribution in [-0.4, -0.2) is 16.6 Å². The van der Waals surface area contributed by atoms with Gasteiger partial charge < -0.3 is 4.74 Å². The van der Waals surface area contributed by atoms with Gasteiger partial charge in [0.15, 0.2) is 5.44 Å². The average Bonchev–Trinajstić information content (AvgIpc) is 2.53. The van der Waals surface area contributed by atoms with Crippen molar-refractivity contribution in [2.75, 3.05) is 12.4 Å². The molecule has 0 saturated carbocycles. The lowest BCUT2D eigenvalue weighted by Gasteiger charge is -2.07. The van der Waals surface area contributed by atoms with Crippen LogP contribution in [0.3, 0.4) is 0 Å². The lowest BCUT2D eigenvalue weighted by molar-refractivity contribution is 0.143.